The molecule has 14 heavy (non-hydrogen) atoms. The Morgan fingerprint density at radius 2 is 1.86 bits per heavy atom. The van der Waals surface area contributed by atoms with Crippen molar-refractivity contribution in [2.45, 2.75) is 52.0 Å². The number of hydrogen-bond acceptors (Lipinski definition) is 1. The van der Waals surface area contributed by atoms with Gasteiger partial charge in [0.1, 0.15) is 0 Å². The zero-order chi connectivity index (χ0) is 10.4. The summed E-state index contributed by atoms with van der Waals surface area (Å²) >= 11 is 0. The van der Waals surface area contributed by atoms with Crippen LogP contribution in [0.5, 0.6) is 0 Å². The highest BCUT2D eigenvalue weighted by molar-refractivity contribution is 5.74. The van der Waals surface area contributed by atoms with Crippen LogP contribution in [0.1, 0.15) is 46.0 Å². The lowest BCUT2D eigenvalue weighted by molar-refractivity contribution is 0.196. The Hall–Kier alpha value is -0.730. The summed E-state index contributed by atoms with van der Waals surface area (Å²) in [7, 11) is 0. The predicted molar refractivity (Wildman–Crippen MR) is 58.3 cm³/mol. The van der Waals surface area contributed by atoms with Gasteiger partial charge in [-0.3, -0.25) is 0 Å². The Labute approximate surface area is 86.9 Å². The molecule has 1 fully saturated rings. The van der Waals surface area contributed by atoms with E-state index in [1.807, 2.05) is 4.90 Å². The van der Waals surface area contributed by atoms with Crippen LogP contribution in [0.15, 0.2) is 0 Å². The van der Waals surface area contributed by atoms with E-state index in [2.05, 4.69) is 19.2 Å². The lowest BCUT2D eigenvalue weighted by atomic mass is 10.2. The summed E-state index contributed by atoms with van der Waals surface area (Å²) in [6.07, 6.45) is 5.86. The maximum atomic E-state index is 11.7. The van der Waals surface area contributed by atoms with Crippen LogP contribution >= 0.6 is 0 Å². The molecular formula is C11H22N2O. The van der Waals surface area contributed by atoms with Crippen molar-refractivity contribution in [2.24, 2.45) is 0 Å². The average molecular weight is 198 g/mol. The van der Waals surface area contributed by atoms with Gasteiger partial charge in [-0.1, -0.05) is 19.8 Å². The van der Waals surface area contributed by atoms with Gasteiger partial charge in [-0.15, -0.1) is 0 Å². The zero-order valence-corrected chi connectivity index (χ0v) is 9.38. The number of nitrogens with zero attached hydrogens (tertiary/aromatic N) is 1. The third kappa shape index (κ3) is 3.56. The minimum absolute atomic E-state index is 0.126. The maximum Gasteiger partial charge on any atom is 0.317 e. The molecule has 0 radical (unpaired) electrons. The number of amides is 2. The summed E-state index contributed by atoms with van der Waals surface area (Å²) in [5, 5.41) is 3.01. The van der Waals surface area contributed by atoms with E-state index in [9.17, 15) is 4.79 Å². The number of carbonyl (C=O) groups is 1. The van der Waals surface area contributed by atoms with Crippen molar-refractivity contribution >= 4 is 6.03 Å². The summed E-state index contributed by atoms with van der Waals surface area (Å²) in [6.45, 7) is 6.01. The first-order valence-electron chi connectivity index (χ1n) is 5.79. The molecule has 1 N–H and O–H groups in total. The fraction of sp³-hybridized carbons (Fsp3) is 0.909. The van der Waals surface area contributed by atoms with E-state index in [0.29, 0.717) is 6.04 Å². The Balaban J connectivity index is 2.34. The monoisotopic (exact) mass is 198 g/mol. The van der Waals surface area contributed by atoms with E-state index in [0.717, 1.165) is 32.4 Å². The van der Waals surface area contributed by atoms with Gasteiger partial charge in [0.15, 0.2) is 0 Å². The molecule has 82 valence electrons. The number of nitrogens with one attached hydrogen (secondary N) is 1. The van der Waals surface area contributed by atoms with Crippen LogP contribution in [0.4, 0.5) is 4.79 Å². The van der Waals surface area contributed by atoms with Crippen LogP contribution in [0.3, 0.4) is 0 Å². The SMILES string of the molecule is CCC(C)NC(=O)N1CCCCCC1. The first kappa shape index (κ1) is 11.3. The fourth-order valence-electron chi connectivity index (χ4n) is 1.68. The van der Waals surface area contributed by atoms with Crippen molar-refractivity contribution in [1.29, 1.82) is 0 Å². The molecule has 1 aliphatic heterocycles. The summed E-state index contributed by atoms with van der Waals surface area (Å²) in [5.41, 5.74) is 0. The third-order valence-electron chi connectivity index (χ3n) is 2.88. The van der Waals surface area contributed by atoms with Crippen molar-refractivity contribution in [3.05, 3.63) is 0 Å². The van der Waals surface area contributed by atoms with E-state index in [4.69, 9.17) is 0 Å². The Kier molecular flexibility index (Phi) is 4.77. The Bertz CT molecular complexity index is 174. The first-order chi connectivity index (χ1) is 6.74. The highest BCUT2D eigenvalue weighted by Crippen LogP contribution is 2.09. The normalized spacial score (nSPS) is 20.0. The molecular weight excluding hydrogens is 176 g/mol. The summed E-state index contributed by atoms with van der Waals surface area (Å²) < 4.78 is 0. The second kappa shape index (κ2) is 5.89. The standard InChI is InChI=1S/C11H22N2O/c1-3-10(2)12-11(14)13-8-6-4-5-7-9-13/h10H,3-9H2,1-2H3,(H,12,14). The van der Waals surface area contributed by atoms with Crippen molar-refractivity contribution in [1.82, 2.24) is 10.2 Å². The quantitative estimate of drug-likeness (QED) is 0.726. The molecule has 0 saturated carbocycles. The van der Waals surface area contributed by atoms with Crippen LogP contribution in [0.2, 0.25) is 0 Å². The molecule has 1 rings (SSSR count). The largest absolute Gasteiger partial charge is 0.336 e. The molecule has 1 unspecified atom stereocenters. The fourth-order valence-corrected chi connectivity index (χ4v) is 1.68. The van der Waals surface area contributed by atoms with Gasteiger partial charge in [0.2, 0.25) is 0 Å². The van der Waals surface area contributed by atoms with Gasteiger partial charge in [-0.25, -0.2) is 4.79 Å². The molecule has 1 atom stereocenters. The van der Waals surface area contributed by atoms with Crippen LogP contribution in [-0.4, -0.2) is 30.1 Å². The lowest BCUT2D eigenvalue weighted by Crippen LogP contribution is -2.44. The van der Waals surface area contributed by atoms with Gasteiger partial charge < -0.3 is 10.2 Å². The zero-order valence-electron chi connectivity index (χ0n) is 9.38. The highest BCUT2D eigenvalue weighted by Gasteiger charge is 2.15. The predicted octanol–water partition coefficient (Wildman–Crippen LogP) is 2.37. The Morgan fingerprint density at radius 3 is 2.36 bits per heavy atom. The molecule has 3 heteroatoms. The maximum absolute atomic E-state index is 11.7. The molecule has 1 aliphatic rings. The van der Waals surface area contributed by atoms with Crippen molar-refractivity contribution in [3.8, 4) is 0 Å². The molecule has 1 heterocycles. The highest BCUT2D eigenvalue weighted by atomic mass is 16.2. The second-order valence-corrected chi connectivity index (χ2v) is 4.16. The third-order valence-corrected chi connectivity index (χ3v) is 2.88. The van der Waals surface area contributed by atoms with Gasteiger partial charge in [0, 0.05) is 19.1 Å². The van der Waals surface area contributed by atoms with E-state index in [1.165, 1.54) is 12.8 Å². The molecule has 0 aliphatic carbocycles. The van der Waals surface area contributed by atoms with Crippen LogP contribution < -0.4 is 5.32 Å². The molecule has 0 bridgehead atoms. The van der Waals surface area contributed by atoms with E-state index >= 15 is 0 Å². The molecule has 0 aromatic carbocycles. The van der Waals surface area contributed by atoms with Gasteiger partial charge >= 0.3 is 6.03 Å². The summed E-state index contributed by atoms with van der Waals surface area (Å²) in [6, 6.07) is 0.423. The van der Waals surface area contributed by atoms with E-state index in [1.54, 1.807) is 0 Å². The number of likely N-dealkylation sites (tertiary alicyclic amines) is 1. The van der Waals surface area contributed by atoms with Crippen LogP contribution in [0, 0.1) is 0 Å². The van der Waals surface area contributed by atoms with Gasteiger partial charge in [0.05, 0.1) is 0 Å². The number of carbonyl (C=O) groups excluding carboxylic acids is 1. The molecule has 2 amide bonds. The molecule has 0 spiro atoms. The minimum atomic E-state index is 0.126. The molecule has 3 nitrogen and oxygen atoms in total. The Morgan fingerprint density at radius 1 is 1.29 bits per heavy atom. The number of rotatable bonds is 2. The van der Waals surface area contributed by atoms with Gasteiger partial charge in [0.25, 0.3) is 0 Å². The van der Waals surface area contributed by atoms with E-state index in [-0.39, 0.29) is 6.03 Å². The van der Waals surface area contributed by atoms with Crippen molar-refractivity contribution < 1.29 is 4.79 Å². The molecule has 0 aromatic heterocycles. The minimum Gasteiger partial charge on any atom is -0.336 e. The molecule has 1 saturated heterocycles. The topological polar surface area (TPSA) is 32.3 Å². The molecule has 0 aromatic rings. The lowest BCUT2D eigenvalue weighted by Gasteiger charge is -2.23. The van der Waals surface area contributed by atoms with Crippen LogP contribution in [0.25, 0.3) is 0 Å². The van der Waals surface area contributed by atoms with Crippen LogP contribution in [-0.2, 0) is 0 Å². The summed E-state index contributed by atoms with van der Waals surface area (Å²) in [5.74, 6) is 0. The average Bonchev–Trinajstić information content (AvgIpc) is 2.45. The first-order valence-corrected chi connectivity index (χ1v) is 5.79. The second-order valence-electron chi connectivity index (χ2n) is 4.16. The van der Waals surface area contributed by atoms with Gasteiger partial charge in [-0.05, 0) is 26.2 Å². The number of urea groups is 1. The number of hydrogen-bond donors (Lipinski definition) is 1. The van der Waals surface area contributed by atoms with Crippen molar-refractivity contribution in [3.63, 3.8) is 0 Å². The van der Waals surface area contributed by atoms with E-state index < -0.39 is 0 Å². The smallest absolute Gasteiger partial charge is 0.317 e. The van der Waals surface area contributed by atoms with Crippen molar-refractivity contribution in [2.75, 3.05) is 13.1 Å². The summed E-state index contributed by atoms with van der Waals surface area (Å²) in [4.78, 5) is 13.7. The van der Waals surface area contributed by atoms with Gasteiger partial charge in [-0.2, -0.15) is 0 Å².